The zero-order chi connectivity index (χ0) is 17.1. The van der Waals surface area contributed by atoms with E-state index in [2.05, 4.69) is 40.6 Å². The molecule has 3 nitrogen and oxygen atoms in total. The number of para-hydroxylation sites is 1. The lowest BCUT2D eigenvalue weighted by molar-refractivity contribution is -0.119. The van der Waals surface area contributed by atoms with Crippen LogP contribution in [0.3, 0.4) is 0 Å². The van der Waals surface area contributed by atoms with E-state index in [0.717, 1.165) is 35.1 Å². The largest absolute Gasteiger partial charge is 0.349 e. The summed E-state index contributed by atoms with van der Waals surface area (Å²) in [4.78, 5) is 17.1. The smallest absolute Gasteiger partial charge is 0.230 e. The van der Waals surface area contributed by atoms with Gasteiger partial charge < -0.3 is 5.32 Å². The third-order valence-electron chi connectivity index (χ3n) is 4.59. The predicted molar refractivity (Wildman–Crippen MR) is 108 cm³/mol. The van der Waals surface area contributed by atoms with E-state index in [1.165, 1.54) is 28.5 Å². The highest BCUT2D eigenvalue weighted by Gasteiger charge is 2.22. The van der Waals surface area contributed by atoms with E-state index >= 15 is 0 Å². The van der Waals surface area contributed by atoms with Gasteiger partial charge in [-0.1, -0.05) is 66.0 Å². The molecule has 25 heavy (non-hydrogen) atoms. The standard InChI is InChI=1S/C20H20N2OS2/c23-19(21-18-11-5-8-14-6-1-3-9-16(14)18)13-25-20-22-17-10-4-2-7-15(17)12-24-20/h1-4,6-7,9-10,18H,5,8,11-13H2,(H,21,23)/t18-/m0/s1. The van der Waals surface area contributed by atoms with E-state index in [0.29, 0.717) is 5.75 Å². The average Bonchev–Trinajstić information content (AvgIpc) is 2.66. The Hall–Kier alpha value is -1.72. The highest BCUT2D eigenvalue weighted by molar-refractivity contribution is 8.38. The van der Waals surface area contributed by atoms with E-state index < -0.39 is 0 Å². The molecular weight excluding hydrogens is 348 g/mol. The number of aliphatic imine (C=N–C) groups is 1. The minimum atomic E-state index is 0.0915. The fourth-order valence-electron chi connectivity index (χ4n) is 3.35. The van der Waals surface area contributed by atoms with Gasteiger partial charge in [0.05, 0.1) is 17.5 Å². The van der Waals surface area contributed by atoms with Crippen LogP contribution in [0.1, 0.15) is 35.6 Å². The molecule has 0 radical (unpaired) electrons. The highest BCUT2D eigenvalue weighted by atomic mass is 32.2. The summed E-state index contributed by atoms with van der Waals surface area (Å²) in [6, 6.07) is 16.8. The SMILES string of the molecule is O=C(CSC1=Nc2ccccc2CS1)N[C@H]1CCCc2ccccc21. The summed E-state index contributed by atoms with van der Waals surface area (Å²) >= 11 is 3.26. The van der Waals surface area contributed by atoms with Crippen LogP contribution in [0.5, 0.6) is 0 Å². The molecule has 0 saturated carbocycles. The number of fused-ring (bicyclic) bond motifs is 2. The summed E-state index contributed by atoms with van der Waals surface area (Å²) in [5.74, 6) is 1.45. The van der Waals surface area contributed by atoms with E-state index in [9.17, 15) is 4.79 Å². The number of rotatable bonds is 3. The Morgan fingerprint density at radius 2 is 1.96 bits per heavy atom. The first-order chi connectivity index (χ1) is 12.3. The van der Waals surface area contributed by atoms with Crippen LogP contribution in [0.2, 0.25) is 0 Å². The van der Waals surface area contributed by atoms with Gasteiger partial charge in [-0.15, -0.1) is 0 Å². The van der Waals surface area contributed by atoms with Crippen LogP contribution in [-0.4, -0.2) is 16.0 Å². The lowest BCUT2D eigenvalue weighted by atomic mass is 9.88. The van der Waals surface area contributed by atoms with Crippen molar-refractivity contribution < 1.29 is 4.79 Å². The molecular formula is C20H20N2OS2. The molecule has 0 fully saturated rings. The molecule has 1 heterocycles. The Balaban J connectivity index is 1.36. The number of carbonyl (C=O) groups is 1. The number of nitrogens with one attached hydrogen (secondary N) is 1. The van der Waals surface area contributed by atoms with Crippen LogP contribution in [0.25, 0.3) is 0 Å². The van der Waals surface area contributed by atoms with E-state index in [-0.39, 0.29) is 11.9 Å². The van der Waals surface area contributed by atoms with Gasteiger partial charge in [0.15, 0.2) is 0 Å². The Labute approximate surface area is 156 Å². The number of hydrogen-bond acceptors (Lipinski definition) is 4. The van der Waals surface area contributed by atoms with E-state index in [1.54, 1.807) is 11.8 Å². The lowest BCUT2D eigenvalue weighted by Crippen LogP contribution is -2.32. The second kappa shape index (κ2) is 7.67. The number of carbonyl (C=O) groups excluding carboxylic acids is 1. The fraction of sp³-hybridized carbons (Fsp3) is 0.300. The van der Waals surface area contributed by atoms with Crippen LogP contribution in [0.4, 0.5) is 5.69 Å². The molecule has 0 saturated heterocycles. The van der Waals surface area contributed by atoms with Crippen molar-refractivity contribution in [2.24, 2.45) is 4.99 Å². The molecule has 0 unspecified atom stereocenters. The first-order valence-electron chi connectivity index (χ1n) is 8.59. The Morgan fingerprint density at radius 1 is 1.16 bits per heavy atom. The number of aryl methyl sites for hydroxylation is 1. The Kier molecular flexibility index (Phi) is 5.13. The van der Waals surface area contributed by atoms with Crippen molar-refractivity contribution >= 4 is 39.5 Å². The predicted octanol–water partition coefficient (Wildman–Crippen LogP) is 4.85. The number of amides is 1. The van der Waals surface area contributed by atoms with Gasteiger partial charge in [0.2, 0.25) is 5.91 Å². The summed E-state index contributed by atoms with van der Waals surface area (Å²) in [5, 5.41) is 3.21. The second-order valence-electron chi connectivity index (χ2n) is 6.29. The minimum Gasteiger partial charge on any atom is -0.349 e. The van der Waals surface area contributed by atoms with Gasteiger partial charge in [0, 0.05) is 5.75 Å². The Morgan fingerprint density at radius 3 is 2.88 bits per heavy atom. The van der Waals surface area contributed by atoms with Crippen molar-refractivity contribution in [2.75, 3.05) is 5.75 Å². The molecule has 1 aliphatic carbocycles. The average molecular weight is 369 g/mol. The molecule has 0 spiro atoms. The molecule has 1 amide bonds. The molecule has 2 aromatic rings. The summed E-state index contributed by atoms with van der Waals surface area (Å²) < 4.78 is 0.984. The normalized spacial score (nSPS) is 18.7. The number of hydrogen-bond donors (Lipinski definition) is 1. The summed E-state index contributed by atoms with van der Waals surface area (Å²) in [6.07, 6.45) is 3.27. The summed E-state index contributed by atoms with van der Waals surface area (Å²) in [5.41, 5.74) is 4.95. The van der Waals surface area contributed by atoms with E-state index in [4.69, 9.17) is 0 Å². The van der Waals surface area contributed by atoms with Gasteiger partial charge in [0.25, 0.3) is 0 Å². The first kappa shape index (κ1) is 16.7. The van der Waals surface area contributed by atoms with Crippen molar-refractivity contribution in [2.45, 2.75) is 31.1 Å². The van der Waals surface area contributed by atoms with Crippen LogP contribution in [-0.2, 0) is 17.0 Å². The quantitative estimate of drug-likeness (QED) is 0.842. The molecule has 4 rings (SSSR count). The highest BCUT2D eigenvalue weighted by Crippen LogP contribution is 2.34. The van der Waals surface area contributed by atoms with Gasteiger partial charge in [-0.2, -0.15) is 0 Å². The molecule has 1 atom stereocenters. The van der Waals surface area contributed by atoms with Gasteiger partial charge in [-0.3, -0.25) is 4.79 Å². The zero-order valence-electron chi connectivity index (χ0n) is 13.9. The van der Waals surface area contributed by atoms with Crippen molar-refractivity contribution in [1.82, 2.24) is 5.32 Å². The van der Waals surface area contributed by atoms with Crippen molar-refractivity contribution in [1.29, 1.82) is 0 Å². The van der Waals surface area contributed by atoms with Gasteiger partial charge >= 0.3 is 0 Å². The van der Waals surface area contributed by atoms with Crippen molar-refractivity contribution in [3.05, 3.63) is 65.2 Å². The van der Waals surface area contributed by atoms with Gasteiger partial charge in [0.1, 0.15) is 4.38 Å². The molecule has 2 aromatic carbocycles. The maximum atomic E-state index is 12.4. The first-order valence-corrected chi connectivity index (χ1v) is 10.6. The second-order valence-corrected chi connectivity index (χ2v) is 8.48. The number of benzene rings is 2. The number of nitrogens with zero attached hydrogens (tertiary/aromatic N) is 1. The van der Waals surface area contributed by atoms with Gasteiger partial charge in [-0.25, -0.2) is 4.99 Å². The third kappa shape index (κ3) is 3.93. The maximum Gasteiger partial charge on any atom is 0.230 e. The van der Waals surface area contributed by atoms with Crippen LogP contribution >= 0.6 is 23.5 Å². The zero-order valence-corrected chi connectivity index (χ0v) is 15.5. The maximum absolute atomic E-state index is 12.4. The molecule has 0 bridgehead atoms. The molecule has 0 aromatic heterocycles. The molecule has 2 aliphatic rings. The summed E-state index contributed by atoms with van der Waals surface area (Å²) in [6.45, 7) is 0. The van der Waals surface area contributed by atoms with E-state index in [1.807, 2.05) is 18.2 Å². The summed E-state index contributed by atoms with van der Waals surface area (Å²) in [7, 11) is 0. The fourth-order valence-corrected chi connectivity index (χ4v) is 5.23. The molecule has 128 valence electrons. The monoisotopic (exact) mass is 368 g/mol. The minimum absolute atomic E-state index is 0.0915. The van der Waals surface area contributed by atoms with Crippen LogP contribution in [0, 0.1) is 0 Å². The molecule has 1 aliphatic heterocycles. The van der Waals surface area contributed by atoms with Crippen molar-refractivity contribution in [3.8, 4) is 0 Å². The lowest BCUT2D eigenvalue weighted by Gasteiger charge is -2.26. The van der Waals surface area contributed by atoms with Crippen LogP contribution in [0.15, 0.2) is 53.5 Å². The van der Waals surface area contributed by atoms with Gasteiger partial charge in [-0.05, 0) is 42.0 Å². The molecule has 5 heteroatoms. The number of thioether (sulfide) groups is 2. The molecule has 1 N–H and O–H groups in total. The van der Waals surface area contributed by atoms with Crippen molar-refractivity contribution in [3.63, 3.8) is 0 Å². The van der Waals surface area contributed by atoms with Crippen LogP contribution < -0.4 is 5.32 Å². The Bertz CT molecular complexity index is 819. The topological polar surface area (TPSA) is 41.5 Å². The third-order valence-corrected chi connectivity index (χ3v) is 6.83.